The van der Waals surface area contributed by atoms with Crippen molar-refractivity contribution in [3.8, 4) is 0 Å². The molecule has 2 aliphatic heterocycles. The first-order chi connectivity index (χ1) is 16.4. The van der Waals surface area contributed by atoms with Gasteiger partial charge >= 0.3 is 0 Å². The van der Waals surface area contributed by atoms with Crippen LogP contribution in [0.5, 0.6) is 0 Å². The summed E-state index contributed by atoms with van der Waals surface area (Å²) in [6.45, 7) is 3.75. The molecule has 4 rings (SSSR count). The van der Waals surface area contributed by atoms with Crippen molar-refractivity contribution >= 4 is 17.7 Å². The maximum atomic E-state index is 13.5. The maximum absolute atomic E-state index is 13.5. The van der Waals surface area contributed by atoms with Gasteiger partial charge in [0, 0.05) is 6.04 Å². The Labute approximate surface area is 201 Å². The number of nitrogens with zero attached hydrogens (tertiary/aromatic N) is 1. The molecule has 4 atom stereocenters. The monoisotopic (exact) mass is 462 g/mol. The predicted octanol–water partition coefficient (Wildman–Crippen LogP) is 2.51. The second kappa shape index (κ2) is 10.4. The van der Waals surface area contributed by atoms with Gasteiger partial charge in [0.25, 0.3) is 0 Å². The number of fused-ring (bicyclic) bond motifs is 1. The minimum absolute atomic E-state index is 0.0235. The van der Waals surface area contributed by atoms with Crippen molar-refractivity contribution in [1.29, 1.82) is 0 Å². The van der Waals surface area contributed by atoms with Gasteiger partial charge in [0.05, 0.1) is 12.1 Å². The summed E-state index contributed by atoms with van der Waals surface area (Å²) in [5.41, 5.74) is 7.93. The van der Waals surface area contributed by atoms with Crippen LogP contribution in [-0.4, -0.2) is 46.8 Å². The average molecular weight is 463 g/mol. The third-order valence-corrected chi connectivity index (χ3v) is 7.04. The number of nitrogens with two attached hydrogens (primary N) is 1. The summed E-state index contributed by atoms with van der Waals surface area (Å²) in [4.78, 5) is 41.1. The van der Waals surface area contributed by atoms with E-state index in [1.165, 1.54) is 0 Å². The Morgan fingerprint density at radius 1 is 0.912 bits per heavy atom. The Hall–Kier alpha value is -3.19. The molecule has 0 bridgehead atoms. The molecule has 2 aliphatic rings. The molecule has 180 valence electrons. The Morgan fingerprint density at radius 2 is 1.47 bits per heavy atom. The van der Waals surface area contributed by atoms with Crippen molar-refractivity contribution in [3.05, 3.63) is 71.8 Å². The molecule has 2 heterocycles. The quantitative estimate of drug-likeness (QED) is 0.588. The normalized spacial score (nSPS) is 23.0. The molecule has 7 nitrogen and oxygen atoms in total. The molecular weight excluding hydrogens is 428 g/mol. The molecule has 3 amide bonds. The van der Waals surface area contributed by atoms with Crippen molar-refractivity contribution in [3.63, 3.8) is 0 Å². The van der Waals surface area contributed by atoms with Gasteiger partial charge in [-0.05, 0) is 42.7 Å². The van der Waals surface area contributed by atoms with Crippen LogP contribution < -0.4 is 16.4 Å². The molecule has 0 radical (unpaired) electrons. The van der Waals surface area contributed by atoms with Gasteiger partial charge < -0.3 is 21.3 Å². The maximum Gasteiger partial charge on any atom is 0.246 e. The highest BCUT2D eigenvalue weighted by Gasteiger charge is 2.46. The minimum Gasteiger partial charge on any atom is -0.343 e. The Bertz CT molecular complexity index is 972. The summed E-state index contributed by atoms with van der Waals surface area (Å²) in [7, 11) is 0. The molecule has 2 aromatic carbocycles. The lowest BCUT2D eigenvalue weighted by Gasteiger charge is -2.38. The first-order valence-electron chi connectivity index (χ1n) is 12.1. The number of carbonyl (C=O) groups excluding carboxylic acids is 3. The van der Waals surface area contributed by atoms with E-state index in [1.807, 2.05) is 74.5 Å². The second-order valence-electron chi connectivity index (χ2n) is 9.66. The highest BCUT2D eigenvalue weighted by atomic mass is 16.2. The van der Waals surface area contributed by atoms with Crippen molar-refractivity contribution in [2.45, 2.75) is 69.7 Å². The highest BCUT2D eigenvalue weighted by Crippen LogP contribution is 2.33. The summed E-state index contributed by atoms with van der Waals surface area (Å²) < 4.78 is 0. The fraction of sp³-hybridized carbons (Fsp3) is 0.444. The zero-order valence-electron chi connectivity index (χ0n) is 19.8. The Balaban J connectivity index is 1.50. The average Bonchev–Trinajstić information content (AvgIpc) is 3.29. The zero-order chi connectivity index (χ0) is 24.2. The summed E-state index contributed by atoms with van der Waals surface area (Å²) in [5.74, 6) is -0.696. The lowest BCUT2D eigenvalue weighted by atomic mass is 9.96. The van der Waals surface area contributed by atoms with Crippen molar-refractivity contribution in [1.82, 2.24) is 15.5 Å². The van der Waals surface area contributed by atoms with E-state index in [1.54, 1.807) is 4.90 Å². The number of amides is 3. The predicted molar refractivity (Wildman–Crippen MR) is 131 cm³/mol. The van der Waals surface area contributed by atoms with E-state index in [2.05, 4.69) is 10.6 Å². The van der Waals surface area contributed by atoms with Crippen molar-refractivity contribution in [2.75, 3.05) is 0 Å². The largest absolute Gasteiger partial charge is 0.343 e. The van der Waals surface area contributed by atoms with Crippen LogP contribution in [0, 0.1) is 5.92 Å². The molecule has 34 heavy (non-hydrogen) atoms. The number of carbonyl (C=O) groups is 3. The standard InChI is InChI=1S/C27H34N4O3/c1-17(2)23(28)26(33)29-21-15-13-20-14-16-22(31(20)27(21)34)25(32)30-24(18-9-5-3-6-10-18)19-11-7-4-8-12-19/h3-12,17,20-24H,13-16,28H2,1-2H3,(H,29,33)(H,30,32)/t20-,21-,22-,23-/m0/s1. The van der Waals surface area contributed by atoms with Gasteiger partial charge in [-0.25, -0.2) is 0 Å². The molecule has 0 aromatic heterocycles. The van der Waals surface area contributed by atoms with Gasteiger partial charge in [-0.3, -0.25) is 14.4 Å². The molecule has 2 saturated heterocycles. The topological polar surface area (TPSA) is 105 Å². The summed E-state index contributed by atoms with van der Waals surface area (Å²) in [6.07, 6.45) is 2.74. The van der Waals surface area contributed by atoms with Crippen LogP contribution in [0.4, 0.5) is 0 Å². The third-order valence-electron chi connectivity index (χ3n) is 7.04. The first-order valence-corrected chi connectivity index (χ1v) is 12.1. The first kappa shape index (κ1) is 24.0. The van der Waals surface area contributed by atoms with E-state index in [4.69, 9.17) is 5.73 Å². The molecular formula is C27H34N4O3. The fourth-order valence-corrected chi connectivity index (χ4v) is 5.01. The van der Waals surface area contributed by atoms with Crippen molar-refractivity contribution in [2.24, 2.45) is 11.7 Å². The van der Waals surface area contributed by atoms with Gasteiger partial charge in [0.1, 0.15) is 12.1 Å². The molecule has 0 aliphatic carbocycles. The van der Waals surface area contributed by atoms with Crippen LogP contribution in [0.15, 0.2) is 60.7 Å². The number of piperidine rings is 1. The SMILES string of the molecule is CC(C)[C@H](N)C(=O)N[C@H]1CC[C@H]2CC[C@@H](C(=O)NC(c3ccccc3)c3ccccc3)N2C1=O. The highest BCUT2D eigenvalue weighted by molar-refractivity contribution is 5.94. The Morgan fingerprint density at radius 3 is 2.03 bits per heavy atom. The second-order valence-corrected chi connectivity index (χ2v) is 9.66. The molecule has 7 heteroatoms. The van der Waals surface area contributed by atoms with Gasteiger partial charge in [-0.15, -0.1) is 0 Å². The van der Waals surface area contributed by atoms with Gasteiger partial charge in [0.2, 0.25) is 17.7 Å². The summed E-state index contributed by atoms with van der Waals surface area (Å²) in [6, 6.07) is 17.5. The van der Waals surface area contributed by atoms with E-state index >= 15 is 0 Å². The van der Waals surface area contributed by atoms with Gasteiger partial charge in [-0.2, -0.15) is 0 Å². The fourth-order valence-electron chi connectivity index (χ4n) is 5.01. The molecule has 4 N–H and O–H groups in total. The zero-order valence-corrected chi connectivity index (χ0v) is 19.8. The van der Waals surface area contributed by atoms with Gasteiger partial charge in [-0.1, -0.05) is 74.5 Å². The third kappa shape index (κ3) is 4.99. The summed E-state index contributed by atoms with van der Waals surface area (Å²) >= 11 is 0. The van der Waals surface area contributed by atoms with Crippen LogP contribution >= 0.6 is 0 Å². The number of rotatable bonds is 7. The minimum atomic E-state index is -0.666. The molecule has 2 aromatic rings. The molecule has 0 unspecified atom stereocenters. The van der Waals surface area contributed by atoms with E-state index in [9.17, 15) is 14.4 Å². The molecule has 0 saturated carbocycles. The molecule has 0 spiro atoms. The van der Waals surface area contributed by atoms with E-state index < -0.39 is 18.1 Å². The van der Waals surface area contributed by atoms with E-state index in [0.29, 0.717) is 12.8 Å². The van der Waals surface area contributed by atoms with Crippen molar-refractivity contribution < 1.29 is 14.4 Å². The molecule has 2 fully saturated rings. The smallest absolute Gasteiger partial charge is 0.246 e. The lowest BCUT2D eigenvalue weighted by molar-refractivity contribution is -0.146. The van der Waals surface area contributed by atoms with Crippen LogP contribution in [-0.2, 0) is 14.4 Å². The summed E-state index contributed by atoms with van der Waals surface area (Å²) in [5, 5.41) is 6.02. The van der Waals surface area contributed by atoms with Crippen LogP contribution in [0.2, 0.25) is 0 Å². The van der Waals surface area contributed by atoms with Crippen LogP contribution in [0.25, 0.3) is 0 Å². The van der Waals surface area contributed by atoms with Gasteiger partial charge in [0.15, 0.2) is 0 Å². The Kier molecular flexibility index (Phi) is 7.32. The van der Waals surface area contributed by atoms with E-state index in [0.717, 1.165) is 24.0 Å². The number of benzene rings is 2. The number of nitrogens with one attached hydrogen (secondary N) is 2. The lowest BCUT2D eigenvalue weighted by Crippen LogP contribution is -2.60. The van der Waals surface area contributed by atoms with E-state index in [-0.39, 0.29) is 35.7 Å². The number of hydrogen-bond acceptors (Lipinski definition) is 4. The van der Waals surface area contributed by atoms with Crippen LogP contribution in [0.3, 0.4) is 0 Å². The number of hydrogen-bond donors (Lipinski definition) is 3. The van der Waals surface area contributed by atoms with Crippen LogP contribution in [0.1, 0.15) is 56.7 Å².